The number of ketones is 2. The first-order chi connectivity index (χ1) is 61.0. The van der Waals surface area contributed by atoms with Crippen LogP contribution in [0, 0.1) is 5.92 Å². The van der Waals surface area contributed by atoms with Gasteiger partial charge in [0.15, 0.2) is 45.4 Å². The van der Waals surface area contributed by atoms with Crippen LogP contribution in [-0.4, -0.2) is 379 Å². The van der Waals surface area contributed by atoms with Crippen LogP contribution in [0.5, 0.6) is 0 Å². The van der Waals surface area contributed by atoms with Crippen LogP contribution in [0.3, 0.4) is 0 Å². The Morgan fingerprint density at radius 2 is 0.705 bits per heavy atom. The SMILES string of the molecule is COC(=O)/C=C/C(=O)OCC(=O)CC(C)C(C)=O.COC(=O)/C=C/C(=O)OCC(=O)N1CCCCC1.COC(=O)/C=C/C(=O)OCC(=O)N1CCOC1=O.COC(=O)/C=C/C(=O)OCC(=O)NC(=O)OC.COC(=O)/C=C/C(=O)OCC(=O)NCCC(=O)OC.COC(=O)/C=C/C(=O)OCC(=O)NCCN(C)C.COCCN(CCOC)C(=O)COC(=O)/C=C/C(=O)OC. The van der Waals surface area contributed by atoms with E-state index in [0.29, 0.717) is 52.5 Å². The maximum absolute atomic E-state index is 11.9. The summed E-state index contributed by atoms with van der Waals surface area (Å²) < 4.78 is 84.8. The molecule has 51 nitrogen and oxygen atoms in total. The normalized spacial score (nSPS) is 11.7. The number of carbonyl (C=O) groups excluding carboxylic acids is 25. The van der Waals surface area contributed by atoms with Crippen molar-refractivity contribution in [1.29, 1.82) is 0 Å². The maximum atomic E-state index is 11.9. The van der Waals surface area contributed by atoms with Crippen LogP contribution < -0.4 is 16.0 Å². The summed E-state index contributed by atoms with van der Waals surface area (Å²) in [5, 5.41) is 6.69. The Bertz CT molecular complexity index is 3900. The Morgan fingerprint density at radius 3 is 1.02 bits per heavy atom. The van der Waals surface area contributed by atoms with E-state index in [2.05, 4.69) is 81.7 Å². The zero-order valence-corrected chi connectivity index (χ0v) is 73.7. The third-order valence-corrected chi connectivity index (χ3v) is 14.0. The molecule has 2 rings (SSSR count). The molecule has 129 heavy (non-hydrogen) atoms. The predicted octanol–water partition coefficient (Wildman–Crippen LogP) is -3.65. The quantitative estimate of drug-likeness (QED) is 0.0301. The van der Waals surface area contributed by atoms with Crippen molar-refractivity contribution in [3.8, 4) is 0 Å². The minimum atomic E-state index is -0.962. The Hall–Kier alpha value is -14.8. The van der Waals surface area contributed by atoms with Gasteiger partial charge >= 0.3 is 102 Å². The number of methoxy groups -OCH3 is 11. The molecule has 0 aromatic rings. The van der Waals surface area contributed by atoms with Crippen LogP contribution in [0.25, 0.3) is 0 Å². The number of amides is 8. The van der Waals surface area contributed by atoms with Crippen molar-refractivity contribution in [2.75, 3.05) is 211 Å². The first kappa shape index (κ1) is 123. The summed E-state index contributed by atoms with van der Waals surface area (Å²) in [4.78, 5) is 281. The number of ether oxygens (including phenoxy) is 19. The summed E-state index contributed by atoms with van der Waals surface area (Å²) in [7, 11) is 17.3. The molecule has 3 N–H and O–H groups in total. The number of nitrogens with one attached hydrogen (secondary N) is 3. The third kappa shape index (κ3) is 76.6. The smallest absolute Gasteiger partial charge is 0.416 e. The average molecular weight is 1850 g/mol. The van der Waals surface area contributed by atoms with Gasteiger partial charge in [0.05, 0.1) is 90.2 Å². The van der Waals surface area contributed by atoms with Crippen molar-refractivity contribution in [1.82, 2.24) is 35.6 Å². The van der Waals surface area contributed by atoms with E-state index in [4.69, 9.17) is 18.9 Å². The molecule has 51 heteroatoms. The molecular weight excluding hydrogens is 1740 g/mol. The number of esters is 15. The van der Waals surface area contributed by atoms with E-state index in [9.17, 15) is 120 Å². The number of rotatable bonds is 43. The topological polar surface area (TPSA) is 651 Å². The van der Waals surface area contributed by atoms with E-state index < -0.39 is 158 Å². The first-order valence-electron chi connectivity index (χ1n) is 37.2. The Labute approximate surface area is 739 Å². The van der Waals surface area contributed by atoms with Gasteiger partial charge in [-0.2, -0.15) is 0 Å². The fourth-order valence-corrected chi connectivity index (χ4v) is 7.19. The fourth-order valence-electron chi connectivity index (χ4n) is 7.19. The van der Waals surface area contributed by atoms with Gasteiger partial charge in [0.2, 0.25) is 0 Å². The highest BCUT2D eigenvalue weighted by molar-refractivity contribution is 5.99. The van der Waals surface area contributed by atoms with Crippen molar-refractivity contribution in [2.45, 2.75) is 46.0 Å². The van der Waals surface area contributed by atoms with Crippen molar-refractivity contribution < 1.29 is 210 Å². The van der Waals surface area contributed by atoms with Crippen LogP contribution >= 0.6 is 0 Å². The van der Waals surface area contributed by atoms with Gasteiger partial charge in [-0.3, -0.25) is 48.5 Å². The molecule has 1 atom stereocenters. The summed E-state index contributed by atoms with van der Waals surface area (Å²) in [5.41, 5.74) is 0. The molecule has 2 fully saturated rings. The summed E-state index contributed by atoms with van der Waals surface area (Å²) >= 11 is 0. The van der Waals surface area contributed by atoms with Gasteiger partial charge in [-0.1, -0.05) is 6.92 Å². The van der Waals surface area contributed by atoms with E-state index in [1.807, 2.05) is 19.0 Å². The molecule has 720 valence electrons. The van der Waals surface area contributed by atoms with Crippen LogP contribution in [0.2, 0.25) is 0 Å². The molecule has 2 heterocycles. The molecule has 0 radical (unpaired) electrons. The van der Waals surface area contributed by atoms with E-state index in [1.165, 1.54) is 61.6 Å². The van der Waals surface area contributed by atoms with Gasteiger partial charge in [-0.25, -0.2) is 81.6 Å². The number of nitrogens with zero attached hydrogens (tertiary/aromatic N) is 4. The van der Waals surface area contributed by atoms with Crippen molar-refractivity contribution >= 4 is 149 Å². The molecule has 0 saturated carbocycles. The molecular formula is C78H109N7O44. The maximum Gasteiger partial charge on any atom is 0.416 e. The number of cyclic esters (lactones) is 1. The standard InChI is InChI=1S/C13H21NO7.C12H17NO5.C12H16O6.C11H18N2O5.C11H15NO7.C10H11NO7.C9H11NO7/c1-18-8-6-14(7-9-19-2)11(15)10-21-13(17)5-4-12(16)20-3;1-17-11(15)5-6-12(16)18-9-10(14)13-7-3-2-4-8-13;1-8(9(2)13)6-10(14)7-18-12(16)5-4-11(15)17-3;1-13(2)7-6-12-9(14)8-18-11(16)5-4-10(15)17-3;1-17-9(14)3-4-11(16)19-7-8(13)12-6-5-10(15)18-2;1-16-8(13)2-3-9(14)18-6-7(12)11-4-5-17-10(11)15;1-15-7(12)3-4-8(13)17-5-6(11)10-9(14)16-2/h4-5H,6-10H2,1-3H3;5-6H,2-4,7-9H2,1H3;4-5,8H,6-7H2,1-3H3;4-5H,6-8H2,1-3H3,(H,12,14);3-4H,5-7H2,1-2H3,(H,12,13);2-3H,4-6H2,1H3;3-4H,5H2,1-2H3,(H,10,11,14)/b5-4+;6-5+;2*5-4+;4-3+;3-2+;4-3+. The molecule has 2 saturated heterocycles. The summed E-state index contributed by atoms with van der Waals surface area (Å²) in [5.74, 6) is -15.0. The highest BCUT2D eigenvalue weighted by Crippen LogP contribution is 2.10. The lowest BCUT2D eigenvalue weighted by Gasteiger charge is -2.26. The second-order valence-corrected chi connectivity index (χ2v) is 23.8. The molecule has 0 aromatic heterocycles. The molecule has 0 spiro atoms. The lowest BCUT2D eigenvalue weighted by Crippen LogP contribution is -2.39. The van der Waals surface area contributed by atoms with E-state index in [-0.39, 0.29) is 75.1 Å². The number of likely N-dealkylation sites (N-methyl/N-ethyl adjacent to an activating group) is 1. The summed E-state index contributed by atoms with van der Waals surface area (Å²) in [6.45, 7) is 4.16. The van der Waals surface area contributed by atoms with Gasteiger partial charge in [-0.15, -0.1) is 0 Å². The average Bonchev–Trinajstić information content (AvgIpc) is 1.75. The number of hydrogen-bond donors (Lipinski definition) is 3. The van der Waals surface area contributed by atoms with Crippen molar-refractivity contribution in [3.05, 3.63) is 85.1 Å². The number of carbonyl (C=O) groups is 25. The molecule has 0 bridgehead atoms. The predicted molar refractivity (Wildman–Crippen MR) is 430 cm³/mol. The molecule has 8 amide bonds. The summed E-state index contributed by atoms with van der Waals surface area (Å²) in [6.07, 6.45) is 13.7. The first-order valence-corrected chi connectivity index (χ1v) is 37.2. The van der Waals surface area contributed by atoms with Crippen LogP contribution in [-0.2, 0) is 200 Å². The van der Waals surface area contributed by atoms with Crippen molar-refractivity contribution in [3.63, 3.8) is 0 Å². The third-order valence-electron chi connectivity index (χ3n) is 14.0. The minimum Gasteiger partial charge on any atom is -0.469 e. The Balaban J connectivity index is -0.000000464. The number of hydrogen-bond acceptors (Lipinski definition) is 45. The van der Waals surface area contributed by atoms with E-state index in [1.54, 1.807) is 17.1 Å². The largest absolute Gasteiger partial charge is 0.469 e. The molecule has 0 aliphatic carbocycles. The van der Waals surface area contributed by atoms with Gasteiger partial charge in [0.25, 0.3) is 35.4 Å². The summed E-state index contributed by atoms with van der Waals surface area (Å²) in [6, 6.07) is 0. The van der Waals surface area contributed by atoms with Crippen LogP contribution in [0.1, 0.15) is 46.0 Å². The zero-order valence-electron chi connectivity index (χ0n) is 73.7. The zero-order chi connectivity index (χ0) is 99.0. The lowest BCUT2D eigenvalue weighted by atomic mass is 10.0. The van der Waals surface area contributed by atoms with Crippen LogP contribution in [0.15, 0.2) is 85.1 Å². The Morgan fingerprint density at radius 1 is 0.380 bits per heavy atom. The number of alkyl carbamates (subject to hydrolysis) is 1. The number of imide groups is 2. The molecule has 2 aliphatic rings. The van der Waals surface area contributed by atoms with Crippen LogP contribution in [0.4, 0.5) is 9.59 Å². The second-order valence-electron chi connectivity index (χ2n) is 23.8. The molecule has 1 unspecified atom stereocenters. The molecule has 0 aromatic carbocycles. The second kappa shape index (κ2) is 79.1. The fraction of sp³-hybridized carbons (Fsp3) is 0.500. The molecule has 2 aliphatic heterocycles. The Kier molecular flexibility index (Phi) is 75.3. The number of piperidine rings is 1. The number of Topliss-reactive ketones (excluding diaryl/α,β-unsaturated/α-hetero) is 2. The van der Waals surface area contributed by atoms with Gasteiger partial charge in [0, 0.05) is 157 Å². The minimum absolute atomic E-state index is 0.0262. The van der Waals surface area contributed by atoms with Gasteiger partial charge in [0.1, 0.15) is 19.0 Å². The highest BCUT2D eigenvalue weighted by atomic mass is 16.6. The van der Waals surface area contributed by atoms with E-state index >= 15 is 0 Å². The highest BCUT2D eigenvalue weighted by Gasteiger charge is 2.29. The number of likely N-dealkylation sites (tertiary alicyclic amines) is 1. The van der Waals surface area contributed by atoms with Crippen molar-refractivity contribution in [2.24, 2.45) is 5.92 Å². The monoisotopic (exact) mass is 1850 g/mol. The van der Waals surface area contributed by atoms with E-state index in [0.717, 1.165) is 138 Å². The van der Waals surface area contributed by atoms with Gasteiger partial charge in [-0.05, 0) is 40.3 Å². The van der Waals surface area contributed by atoms with Gasteiger partial charge < -0.3 is 115 Å². The lowest BCUT2D eigenvalue weighted by molar-refractivity contribution is -0.149.